The van der Waals surface area contributed by atoms with E-state index in [1.54, 1.807) is 0 Å². The minimum atomic E-state index is -1.75. The second-order valence-corrected chi connectivity index (χ2v) is 0.224. The standard InChI is InChI=1S/Ca.NO3.6H2O/c;2-1(3)4;;;;;;/h;;6*1H2/q+2;-1;;;;;;. The normalized spacial score (nSPS) is 2.18. The molecule has 0 aromatic carbocycles. The molecule has 0 atom stereocenters. The average molecular weight is 210 g/mol. The second kappa shape index (κ2) is 83.8. The van der Waals surface area contributed by atoms with E-state index in [1.165, 1.54) is 0 Å². The van der Waals surface area contributed by atoms with Crippen molar-refractivity contribution in [3.63, 3.8) is 0 Å². The van der Waals surface area contributed by atoms with E-state index >= 15 is 0 Å². The van der Waals surface area contributed by atoms with Crippen LogP contribution in [0.1, 0.15) is 0 Å². The summed E-state index contributed by atoms with van der Waals surface area (Å²) < 4.78 is 0. The fourth-order valence-electron chi connectivity index (χ4n) is 0. The topological polar surface area (TPSA) is 255 Å². The quantitative estimate of drug-likeness (QED) is 0.215. The van der Waals surface area contributed by atoms with Crippen LogP contribution in [0.5, 0.6) is 0 Å². The van der Waals surface area contributed by atoms with Crippen LogP contribution in [0.3, 0.4) is 0 Å². The molecule has 0 fully saturated rings. The molecule has 0 saturated heterocycles. The van der Waals surface area contributed by atoms with Crippen LogP contribution in [0.15, 0.2) is 0 Å². The molecule has 0 aliphatic carbocycles. The molecule has 11 heavy (non-hydrogen) atoms. The van der Waals surface area contributed by atoms with Gasteiger partial charge in [0.25, 0.3) is 0 Å². The Hall–Kier alpha value is 0.220. The monoisotopic (exact) mass is 210 g/mol. The van der Waals surface area contributed by atoms with Gasteiger partial charge in [0.1, 0.15) is 0 Å². The van der Waals surface area contributed by atoms with Gasteiger partial charge < -0.3 is 48.2 Å². The van der Waals surface area contributed by atoms with Gasteiger partial charge in [-0.15, -0.1) is 0 Å². The largest absolute Gasteiger partial charge is 2.00 e. The molecule has 0 amide bonds. The summed E-state index contributed by atoms with van der Waals surface area (Å²) in [5.74, 6) is 0. The van der Waals surface area contributed by atoms with Crippen LogP contribution in [-0.2, 0) is 0 Å². The van der Waals surface area contributed by atoms with Crippen molar-refractivity contribution in [2.45, 2.75) is 0 Å². The summed E-state index contributed by atoms with van der Waals surface area (Å²) in [5, 5.41) is 14.8. The van der Waals surface area contributed by atoms with E-state index in [-0.39, 0.29) is 70.6 Å². The zero-order valence-corrected chi connectivity index (χ0v) is 7.59. The molecule has 0 aromatic heterocycles. The van der Waals surface area contributed by atoms with Crippen molar-refractivity contribution in [1.82, 2.24) is 0 Å². The predicted octanol–water partition coefficient (Wildman–Crippen LogP) is -5.57. The summed E-state index contributed by atoms with van der Waals surface area (Å²) in [6, 6.07) is 0. The van der Waals surface area contributed by atoms with Gasteiger partial charge in [-0.2, -0.15) is 0 Å². The van der Waals surface area contributed by atoms with Gasteiger partial charge in [0, 0.05) is 0 Å². The van der Waals surface area contributed by atoms with E-state index in [2.05, 4.69) is 0 Å². The first-order chi connectivity index (χ1) is 1.73. The van der Waals surface area contributed by atoms with Crippen LogP contribution in [0.4, 0.5) is 0 Å². The molecule has 0 aliphatic rings. The van der Waals surface area contributed by atoms with Crippen molar-refractivity contribution in [2.75, 3.05) is 0 Å². The van der Waals surface area contributed by atoms with Crippen LogP contribution in [0.2, 0.25) is 0 Å². The van der Waals surface area contributed by atoms with Gasteiger partial charge in [0.05, 0.1) is 5.09 Å². The van der Waals surface area contributed by atoms with E-state index in [9.17, 15) is 0 Å². The Bertz CT molecular complexity index is 32.5. The number of hydrogen-bond acceptors (Lipinski definition) is 3. The Labute approximate surface area is 90.8 Å². The van der Waals surface area contributed by atoms with E-state index in [0.29, 0.717) is 0 Å². The molecule has 0 aromatic rings. The molecule has 0 bridgehead atoms. The molecule has 0 radical (unpaired) electrons. The maximum absolute atomic E-state index is 8.25. The van der Waals surface area contributed by atoms with Crippen molar-refractivity contribution in [2.24, 2.45) is 0 Å². The second-order valence-electron chi connectivity index (χ2n) is 0.224. The van der Waals surface area contributed by atoms with E-state index in [1.807, 2.05) is 0 Å². The average Bonchev–Trinajstić information content (AvgIpc) is 0.811. The van der Waals surface area contributed by atoms with Gasteiger partial charge in [-0.05, 0) is 0 Å². The van der Waals surface area contributed by atoms with Crippen molar-refractivity contribution in [3.05, 3.63) is 15.3 Å². The van der Waals surface area contributed by atoms with E-state index in [4.69, 9.17) is 15.3 Å². The first-order valence-corrected chi connectivity index (χ1v) is 0.548. The fraction of sp³-hybridized carbons (Fsp3) is 0. The third-order valence-electron chi connectivity index (χ3n) is 0. The fourth-order valence-corrected chi connectivity index (χ4v) is 0. The number of rotatable bonds is 0. The van der Waals surface area contributed by atoms with Gasteiger partial charge in [-0.25, -0.2) is 0 Å². The Morgan fingerprint density at radius 3 is 0.727 bits per heavy atom. The van der Waals surface area contributed by atoms with Crippen molar-refractivity contribution >= 4 is 37.7 Å². The third kappa shape index (κ3) is 14300. The molecular weight excluding hydrogens is 198 g/mol. The maximum Gasteiger partial charge on any atom is 2.00 e. The smallest absolute Gasteiger partial charge is 0.412 e. The summed E-state index contributed by atoms with van der Waals surface area (Å²) in [5.41, 5.74) is 0. The Kier molecular flexibility index (Phi) is 861. The number of hydrogen-bond donors (Lipinski definition) is 0. The number of nitrogens with zero attached hydrogens (tertiary/aromatic N) is 1. The molecule has 0 saturated carbocycles. The minimum absolute atomic E-state index is 0. The van der Waals surface area contributed by atoms with Gasteiger partial charge in [0.15, 0.2) is 0 Å². The summed E-state index contributed by atoms with van der Waals surface area (Å²) in [7, 11) is 0. The first kappa shape index (κ1) is 113. The Morgan fingerprint density at radius 2 is 0.727 bits per heavy atom. The first-order valence-electron chi connectivity index (χ1n) is 0.548. The summed E-state index contributed by atoms with van der Waals surface area (Å²) >= 11 is 0. The van der Waals surface area contributed by atoms with Crippen LogP contribution < -0.4 is 0 Å². The maximum atomic E-state index is 8.25. The SMILES string of the molecule is O.O.O.O.O.O.O=[N+]([O-])[O-].[Ca+2]. The molecule has 72 valence electrons. The zero-order chi connectivity index (χ0) is 3.58. The Balaban J connectivity index is -0.00000000214. The molecule has 0 aliphatic heterocycles. The summed E-state index contributed by atoms with van der Waals surface area (Å²) in [6.45, 7) is 0. The molecule has 11 heteroatoms. The van der Waals surface area contributed by atoms with Crippen LogP contribution in [-0.4, -0.2) is 75.7 Å². The predicted molar refractivity (Wildman–Crippen MR) is 37.8 cm³/mol. The van der Waals surface area contributed by atoms with Crippen molar-refractivity contribution in [3.8, 4) is 0 Å². The third-order valence-corrected chi connectivity index (χ3v) is 0. The zero-order valence-electron chi connectivity index (χ0n) is 5.38. The van der Waals surface area contributed by atoms with Crippen LogP contribution in [0, 0.1) is 15.3 Å². The van der Waals surface area contributed by atoms with Gasteiger partial charge in [-0.3, -0.25) is 0 Å². The molecule has 0 heterocycles. The van der Waals surface area contributed by atoms with Gasteiger partial charge in [-0.1, -0.05) is 0 Å². The molecule has 0 spiro atoms. The summed E-state index contributed by atoms with van der Waals surface area (Å²) in [6.07, 6.45) is 0. The van der Waals surface area contributed by atoms with Gasteiger partial charge >= 0.3 is 37.7 Å². The van der Waals surface area contributed by atoms with E-state index in [0.717, 1.165) is 0 Å². The molecule has 0 rings (SSSR count). The van der Waals surface area contributed by atoms with Crippen LogP contribution >= 0.6 is 0 Å². The molecular formula is H12CaNO9+. The van der Waals surface area contributed by atoms with Gasteiger partial charge in [0.2, 0.25) is 0 Å². The Morgan fingerprint density at radius 1 is 0.727 bits per heavy atom. The van der Waals surface area contributed by atoms with Crippen LogP contribution in [0.25, 0.3) is 0 Å². The minimum Gasteiger partial charge on any atom is -0.412 e. The van der Waals surface area contributed by atoms with Crippen molar-refractivity contribution in [1.29, 1.82) is 0 Å². The summed E-state index contributed by atoms with van der Waals surface area (Å²) in [4.78, 5) is 8.25. The van der Waals surface area contributed by atoms with Crippen molar-refractivity contribution < 1.29 is 37.9 Å². The molecule has 0 unspecified atom stereocenters. The molecule has 10 nitrogen and oxygen atoms in total. The van der Waals surface area contributed by atoms with E-state index < -0.39 is 5.09 Å². The molecule has 12 N–H and O–H groups in total.